The summed E-state index contributed by atoms with van der Waals surface area (Å²) in [6.45, 7) is -0.712. The van der Waals surface area contributed by atoms with Crippen LogP contribution in [0.3, 0.4) is 0 Å². The summed E-state index contributed by atoms with van der Waals surface area (Å²) in [6, 6.07) is 2.93. The van der Waals surface area contributed by atoms with Crippen LogP contribution in [0.15, 0.2) is 24.5 Å². The average molecular weight is 348 g/mol. The van der Waals surface area contributed by atoms with Crippen LogP contribution in [0, 0.1) is 0 Å². The van der Waals surface area contributed by atoms with Crippen molar-refractivity contribution in [1.82, 2.24) is 0 Å². The second-order valence-corrected chi connectivity index (χ2v) is 7.34. The number of carboxylic acids is 1. The Labute approximate surface area is 130 Å². The first kappa shape index (κ1) is 15.3. The van der Waals surface area contributed by atoms with E-state index in [9.17, 15) is 15.0 Å². The van der Waals surface area contributed by atoms with E-state index < -0.39 is 45.2 Å². The molecule has 0 radical (unpaired) electrons. The first-order valence-electron chi connectivity index (χ1n) is 6.90. The molecule has 10 nitrogen and oxygen atoms in total. The molecular formula is C12H15NO9P+. The molecule has 1 aromatic rings. The van der Waals surface area contributed by atoms with Crippen molar-refractivity contribution in [2.75, 3.05) is 6.61 Å². The van der Waals surface area contributed by atoms with E-state index >= 15 is 0 Å². The zero-order chi connectivity index (χ0) is 16.2. The Morgan fingerprint density at radius 2 is 2.04 bits per heavy atom. The molecule has 2 bridgehead atoms. The van der Waals surface area contributed by atoms with Gasteiger partial charge in [-0.05, 0) is 0 Å². The number of rotatable bonds is 5. The van der Waals surface area contributed by atoms with Crippen molar-refractivity contribution in [3.05, 3.63) is 30.1 Å². The number of hydrogen-bond acceptors (Lipinski definition) is 8. The Bertz CT molecular complexity index is 626. The van der Waals surface area contributed by atoms with Gasteiger partial charge in [-0.15, -0.1) is 0 Å². The van der Waals surface area contributed by atoms with Gasteiger partial charge < -0.3 is 0 Å². The normalized spacial score (nSPS) is 38.4. The molecule has 0 saturated carbocycles. The summed E-state index contributed by atoms with van der Waals surface area (Å²) in [7, 11) is -2.95. The van der Waals surface area contributed by atoms with Gasteiger partial charge in [-0.3, -0.25) is 0 Å². The van der Waals surface area contributed by atoms with E-state index in [1.165, 1.54) is 22.9 Å². The molecule has 4 fully saturated rings. The number of aromatic nitrogens is 1. The van der Waals surface area contributed by atoms with Crippen molar-refractivity contribution < 1.29 is 47.5 Å². The third kappa shape index (κ3) is 2.53. The van der Waals surface area contributed by atoms with Crippen molar-refractivity contribution in [3.8, 4) is 0 Å². The summed E-state index contributed by atoms with van der Waals surface area (Å²) >= 11 is 0. The summed E-state index contributed by atoms with van der Waals surface area (Å²) < 4.78 is 27.6. The van der Waals surface area contributed by atoms with Gasteiger partial charge in [-0.25, -0.2) is 0 Å². The molecule has 126 valence electrons. The molecular weight excluding hydrogens is 333 g/mol. The molecule has 0 spiro atoms. The molecule has 0 amide bonds. The fraction of sp³-hybridized carbons (Fsp3) is 0.500. The number of aliphatic hydroxyl groups is 2. The molecule has 0 aliphatic carbocycles. The Balaban J connectivity index is 1.44. The van der Waals surface area contributed by atoms with Crippen LogP contribution in [0.4, 0.5) is 0 Å². The van der Waals surface area contributed by atoms with Gasteiger partial charge in [0.2, 0.25) is 0 Å². The predicted octanol–water partition coefficient (Wildman–Crippen LogP) is -0.921. The van der Waals surface area contributed by atoms with Crippen molar-refractivity contribution in [3.63, 3.8) is 0 Å². The van der Waals surface area contributed by atoms with E-state index in [-0.39, 0.29) is 12.2 Å². The topological polar surface area (TPSA) is 128 Å². The fourth-order valence-corrected chi connectivity index (χ4v) is 3.89. The number of hydrogen-bond donors (Lipinski definition) is 3. The maximum atomic E-state index is 11.0. The molecule has 4 saturated heterocycles. The van der Waals surface area contributed by atoms with Crippen LogP contribution in [-0.4, -0.2) is 52.7 Å². The molecule has 11 heteroatoms. The van der Waals surface area contributed by atoms with Gasteiger partial charge in [0.05, 0.1) is 0 Å². The molecule has 0 unspecified atom stereocenters. The number of carbonyl (C=O) groups is 1. The summed E-state index contributed by atoms with van der Waals surface area (Å²) in [6.07, 6.45) is -1.35. The van der Waals surface area contributed by atoms with Gasteiger partial charge in [0.25, 0.3) is 0 Å². The summed E-state index contributed by atoms with van der Waals surface area (Å²) in [5.41, 5.74) is 0.0361. The van der Waals surface area contributed by atoms with E-state index in [1.807, 2.05) is 0 Å². The monoisotopic (exact) mass is 348 g/mol. The first-order chi connectivity index (χ1) is 11.0. The predicted molar refractivity (Wildman–Crippen MR) is 70.8 cm³/mol. The van der Waals surface area contributed by atoms with E-state index in [0.29, 0.717) is 0 Å². The van der Waals surface area contributed by atoms with Crippen molar-refractivity contribution in [2.24, 2.45) is 0 Å². The fourth-order valence-electron chi connectivity index (χ4n) is 2.56. The zero-order valence-electron chi connectivity index (χ0n) is 11.6. The van der Waals surface area contributed by atoms with Crippen LogP contribution in [0.1, 0.15) is 16.6 Å². The molecule has 0 aromatic carbocycles. The molecule has 3 N–H and O–H groups in total. The van der Waals surface area contributed by atoms with Gasteiger partial charge in [-0.2, -0.15) is 0 Å². The Hall–Kier alpha value is -1.23. The van der Waals surface area contributed by atoms with Gasteiger partial charge in [0.15, 0.2) is 0 Å². The van der Waals surface area contributed by atoms with Crippen molar-refractivity contribution >= 4 is 14.1 Å². The van der Waals surface area contributed by atoms with Crippen LogP contribution < -0.4 is 4.57 Å². The number of nitrogens with zero attached hydrogens (tertiary/aromatic N) is 1. The quantitative estimate of drug-likeness (QED) is 0.457. The second-order valence-electron chi connectivity index (χ2n) is 5.34. The molecule has 1 aromatic heterocycles. The van der Waals surface area contributed by atoms with Crippen LogP contribution in [-0.2, 0) is 22.8 Å². The molecule has 4 atom stereocenters. The molecule has 4 aliphatic rings. The maximum absolute atomic E-state index is 11.0. The Morgan fingerprint density at radius 1 is 1.30 bits per heavy atom. The van der Waals surface area contributed by atoms with E-state index in [4.69, 9.17) is 27.9 Å². The SMILES string of the molecule is O=C(O)c1ccc[n+]([C@@H]2O[C@H](CO[PH]34OC(O3)O4)[C@@H](O)[C@H]2O)c1. The Kier molecular flexibility index (Phi) is 3.59. The number of aliphatic hydroxyl groups excluding tert-OH is 2. The van der Waals surface area contributed by atoms with Crippen LogP contribution >= 0.6 is 8.17 Å². The standard InChI is InChI=1S/C12H14NO9P/c14-8-7(5-18-23-20-12(21-23)22-23)19-10(9(8)15)13-3-1-2-6(4-13)11(16)17/h1-4,7-10,12,14-15,23H,5H2/p+1/t7-,8-,9-,10-/m1/s1. The summed E-state index contributed by atoms with van der Waals surface area (Å²) in [5, 5.41) is 29.2. The minimum absolute atomic E-state index is 0.0361. The van der Waals surface area contributed by atoms with E-state index in [0.717, 1.165) is 0 Å². The third-order valence-corrected chi connectivity index (χ3v) is 5.81. The number of pyridine rings is 1. The summed E-state index contributed by atoms with van der Waals surface area (Å²) in [5.74, 6) is -1.10. The second kappa shape index (κ2) is 5.40. The molecule has 5 rings (SSSR count). The molecule has 23 heavy (non-hydrogen) atoms. The molecule has 4 aliphatic heterocycles. The van der Waals surface area contributed by atoms with Gasteiger partial charge in [-0.1, -0.05) is 0 Å². The van der Waals surface area contributed by atoms with Gasteiger partial charge in [0.1, 0.15) is 0 Å². The zero-order valence-corrected chi connectivity index (χ0v) is 12.6. The van der Waals surface area contributed by atoms with Gasteiger partial charge in [0, 0.05) is 0 Å². The van der Waals surface area contributed by atoms with Crippen molar-refractivity contribution in [2.45, 2.75) is 31.0 Å². The number of aromatic carboxylic acids is 1. The van der Waals surface area contributed by atoms with Crippen LogP contribution in [0.5, 0.6) is 0 Å². The van der Waals surface area contributed by atoms with Crippen LogP contribution in [0.2, 0.25) is 0 Å². The van der Waals surface area contributed by atoms with Gasteiger partial charge >= 0.3 is 129 Å². The molecule has 5 heterocycles. The minimum atomic E-state index is -2.95. The summed E-state index contributed by atoms with van der Waals surface area (Å²) in [4.78, 5) is 11.0. The van der Waals surface area contributed by atoms with E-state index in [1.54, 1.807) is 6.20 Å². The number of ether oxygens (including phenoxy) is 1. The van der Waals surface area contributed by atoms with Crippen molar-refractivity contribution in [1.29, 1.82) is 0 Å². The van der Waals surface area contributed by atoms with E-state index in [2.05, 4.69) is 0 Å². The third-order valence-electron chi connectivity index (χ3n) is 3.85. The first-order valence-corrected chi connectivity index (χ1v) is 8.54. The Morgan fingerprint density at radius 3 is 2.65 bits per heavy atom. The van der Waals surface area contributed by atoms with Crippen LogP contribution in [0.25, 0.3) is 0 Å². The average Bonchev–Trinajstić information content (AvgIpc) is 2.73. The number of carboxylic acid groups (broad SMARTS) is 1.